The van der Waals surface area contributed by atoms with Crippen LogP contribution in [0.3, 0.4) is 0 Å². The first-order valence-electron chi connectivity index (χ1n) is 8.37. The van der Waals surface area contributed by atoms with Gasteiger partial charge in [-0.05, 0) is 43.0 Å². The Bertz CT molecular complexity index is 719. The van der Waals surface area contributed by atoms with Gasteiger partial charge in [0, 0.05) is 26.7 Å². The van der Waals surface area contributed by atoms with Crippen LogP contribution in [0.1, 0.15) is 25.7 Å². The number of rotatable bonds is 5. The zero-order chi connectivity index (χ0) is 16.9. The predicted molar refractivity (Wildman–Crippen MR) is 90.3 cm³/mol. The van der Waals surface area contributed by atoms with E-state index >= 15 is 0 Å². The number of hydrogen-bond donors (Lipinski definition) is 0. The summed E-state index contributed by atoms with van der Waals surface area (Å²) in [5.74, 6) is 0.690. The highest BCUT2D eigenvalue weighted by Crippen LogP contribution is 2.46. The van der Waals surface area contributed by atoms with Gasteiger partial charge in [0.15, 0.2) is 6.10 Å². The third kappa shape index (κ3) is 2.42. The molecule has 0 bridgehead atoms. The number of likely N-dealkylation sites (tertiary alicyclic amines) is 1. The standard InChI is InChI=1S/C16H22N2O4S2/c1-22-14-15(19)18(11-12-4-5-12)16(14)6-8-17(9-7-16)24(20,21)13-3-2-10-23-13/h2-3,10,12,14H,4-9,11H2,1H3. The van der Waals surface area contributed by atoms with Gasteiger partial charge in [0.25, 0.3) is 15.9 Å². The fraction of sp³-hybridized carbons (Fsp3) is 0.688. The van der Waals surface area contributed by atoms with Gasteiger partial charge in [0.2, 0.25) is 0 Å². The van der Waals surface area contributed by atoms with E-state index in [9.17, 15) is 13.2 Å². The van der Waals surface area contributed by atoms with Crippen molar-refractivity contribution in [2.75, 3.05) is 26.7 Å². The smallest absolute Gasteiger partial charge is 0.254 e. The molecule has 1 amide bonds. The SMILES string of the molecule is COC1C(=O)N(CC2CC2)C12CCN(S(=O)(=O)c1cccs1)CC2. The molecular weight excluding hydrogens is 348 g/mol. The molecule has 1 atom stereocenters. The van der Waals surface area contributed by atoms with Crippen molar-refractivity contribution in [2.45, 2.75) is 41.5 Å². The fourth-order valence-electron chi connectivity index (χ4n) is 4.00. The number of amides is 1. The third-order valence-corrected chi connectivity index (χ3v) is 8.84. The van der Waals surface area contributed by atoms with E-state index in [1.54, 1.807) is 28.9 Å². The second kappa shape index (κ2) is 5.79. The second-order valence-corrected chi connectivity index (χ2v) is 10.1. The number of sulfonamides is 1. The summed E-state index contributed by atoms with van der Waals surface area (Å²) in [6.07, 6.45) is 3.26. The van der Waals surface area contributed by atoms with Gasteiger partial charge in [-0.25, -0.2) is 8.42 Å². The molecule has 3 heterocycles. The molecule has 1 aromatic rings. The molecule has 1 aliphatic carbocycles. The average molecular weight is 370 g/mol. The Morgan fingerprint density at radius 1 is 1.33 bits per heavy atom. The molecule has 3 aliphatic rings. The van der Waals surface area contributed by atoms with E-state index in [2.05, 4.69) is 0 Å². The van der Waals surface area contributed by atoms with E-state index < -0.39 is 16.1 Å². The van der Waals surface area contributed by atoms with Gasteiger partial charge in [0.05, 0.1) is 5.54 Å². The van der Waals surface area contributed by atoms with Crippen LogP contribution in [0.15, 0.2) is 21.7 Å². The van der Waals surface area contributed by atoms with Crippen molar-refractivity contribution in [3.05, 3.63) is 17.5 Å². The van der Waals surface area contributed by atoms with E-state index in [1.165, 1.54) is 24.2 Å². The summed E-state index contributed by atoms with van der Waals surface area (Å²) < 4.78 is 32.8. The molecule has 4 rings (SSSR count). The lowest BCUT2D eigenvalue weighted by Crippen LogP contribution is -2.77. The van der Waals surface area contributed by atoms with Crippen molar-refractivity contribution in [3.63, 3.8) is 0 Å². The van der Waals surface area contributed by atoms with Crippen molar-refractivity contribution >= 4 is 27.3 Å². The van der Waals surface area contributed by atoms with Gasteiger partial charge in [0.1, 0.15) is 4.21 Å². The summed E-state index contributed by atoms with van der Waals surface area (Å²) in [5, 5.41) is 1.78. The summed E-state index contributed by atoms with van der Waals surface area (Å²) in [4.78, 5) is 14.3. The molecule has 24 heavy (non-hydrogen) atoms. The molecule has 6 nitrogen and oxygen atoms in total. The van der Waals surface area contributed by atoms with Crippen molar-refractivity contribution in [3.8, 4) is 0 Å². The molecule has 0 radical (unpaired) electrons. The topological polar surface area (TPSA) is 66.9 Å². The van der Waals surface area contributed by atoms with Gasteiger partial charge in [-0.1, -0.05) is 6.07 Å². The van der Waals surface area contributed by atoms with E-state index in [0.717, 1.165) is 6.54 Å². The molecule has 132 valence electrons. The normalized spacial score (nSPS) is 27.5. The Hall–Kier alpha value is -0.960. The van der Waals surface area contributed by atoms with Gasteiger partial charge in [-0.3, -0.25) is 4.79 Å². The average Bonchev–Trinajstić information content (AvgIpc) is 3.23. The largest absolute Gasteiger partial charge is 0.369 e. The van der Waals surface area contributed by atoms with Crippen LogP contribution in [0.5, 0.6) is 0 Å². The molecule has 2 aliphatic heterocycles. The Kier molecular flexibility index (Phi) is 3.98. The minimum Gasteiger partial charge on any atom is -0.369 e. The predicted octanol–water partition coefficient (Wildman–Crippen LogP) is 1.54. The summed E-state index contributed by atoms with van der Waals surface area (Å²) in [6, 6.07) is 3.40. The summed E-state index contributed by atoms with van der Waals surface area (Å²) in [5.41, 5.74) is -0.310. The van der Waals surface area contributed by atoms with Crippen LogP contribution >= 0.6 is 11.3 Å². The van der Waals surface area contributed by atoms with Crippen molar-refractivity contribution in [1.29, 1.82) is 0 Å². The van der Waals surface area contributed by atoms with Crippen LogP contribution in [-0.4, -0.2) is 61.9 Å². The number of ether oxygens (including phenoxy) is 1. The number of thiophene rings is 1. The van der Waals surface area contributed by atoms with Crippen molar-refractivity contribution < 1.29 is 17.9 Å². The third-order valence-electron chi connectivity index (χ3n) is 5.57. The first-order valence-corrected chi connectivity index (χ1v) is 10.7. The Labute approximate surface area is 146 Å². The Balaban J connectivity index is 1.50. The molecule has 1 aromatic heterocycles. The van der Waals surface area contributed by atoms with Crippen molar-refractivity contribution in [1.82, 2.24) is 9.21 Å². The molecule has 3 fully saturated rings. The summed E-state index contributed by atoms with van der Waals surface area (Å²) >= 11 is 1.25. The Morgan fingerprint density at radius 3 is 2.58 bits per heavy atom. The lowest BCUT2D eigenvalue weighted by atomic mass is 9.73. The highest BCUT2D eigenvalue weighted by Gasteiger charge is 2.62. The number of β-lactam (4-membered cyclic amide) rings is 1. The monoisotopic (exact) mass is 370 g/mol. The van der Waals surface area contributed by atoms with Crippen LogP contribution in [0, 0.1) is 5.92 Å². The molecule has 2 saturated heterocycles. The lowest BCUT2D eigenvalue weighted by molar-refractivity contribution is -0.197. The maximum Gasteiger partial charge on any atom is 0.254 e. The van der Waals surface area contributed by atoms with Gasteiger partial charge in [-0.2, -0.15) is 4.31 Å². The summed E-state index contributed by atoms with van der Waals surface area (Å²) in [7, 11) is -1.83. The van der Waals surface area contributed by atoms with Gasteiger partial charge < -0.3 is 9.64 Å². The van der Waals surface area contributed by atoms with Crippen LogP contribution < -0.4 is 0 Å². The van der Waals surface area contributed by atoms with Crippen LogP contribution in [-0.2, 0) is 19.6 Å². The molecule has 0 N–H and O–H groups in total. The lowest BCUT2D eigenvalue weighted by Gasteiger charge is -2.59. The molecule has 0 aromatic carbocycles. The molecule has 1 spiro atoms. The fourth-order valence-corrected chi connectivity index (χ4v) is 6.59. The van der Waals surface area contributed by atoms with E-state index in [-0.39, 0.29) is 11.4 Å². The van der Waals surface area contributed by atoms with Crippen LogP contribution in [0.2, 0.25) is 0 Å². The minimum atomic E-state index is -3.41. The van der Waals surface area contributed by atoms with E-state index in [0.29, 0.717) is 36.1 Å². The van der Waals surface area contributed by atoms with Gasteiger partial charge in [-0.15, -0.1) is 11.3 Å². The number of carbonyl (C=O) groups excluding carboxylic acids is 1. The maximum atomic E-state index is 12.7. The first kappa shape index (κ1) is 16.5. The zero-order valence-corrected chi connectivity index (χ0v) is 15.3. The van der Waals surface area contributed by atoms with Crippen LogP contribution in [0.25, 0.3) is 0 Å². The first-order chi connectivity index (χ1) is 11.5. The molecule has 8 heteroatoms. The number of piperidine rings is 1. The van der Waals surface area contributed by atoms with E-state index in [1.807, 2.05) is 4.90 Å². The number of hydrogen-bond acceptors (Lipinski definition) is 5. The molecule has 1 unspecified atom stereocenters. The Morgan fingerprint density at radius 2 is 2.04 bits per heavy atom. The number of methoxy groups -OCH3 is 1. The van der Waals surface area contributed by atoms with E-state index in [4.69, 9.17) is 4.74 Å². The number of nitrogens with zero attached hydrogens (tertiary/aromatic N) is 2. The quantitative estimate of drug-likeness (QED) is 0.738. The molecule has 1 saturated carbocycles. The van der Waals surface area contributed by atoms with Crippen molar-refractivity contribution in [2.24, 2.45) is 5.92 Å². The molecular formula is C16H22N2O4S2. The summed E-state index contributed by atoms with van der Waals surface area (Å²) in [6.45, 7) is 1.68. The van der Waals surface area contributed by atoms with Crippen LogP contribution in [0.4, 0.5) is 0 Å². The highest BCUT2D eigenvalue weighted by atomic mass is 32.2. The highest BCUT2D eigenvalue weighted by molar-refractivity contribution is 7.91. The minimum absolute atomic E-state index is 0.0685. The number of carbonyl (C=O) groups is 1. The van der Waals surface area contributed by atoms with Gasteiger partial charge >= 0.3 is 0 Å². The zero-order valence-electron chi connectivity index (χ0n) is 13.7. The maximum absolute atomic E-state index is 12.7. The second-order valence-electron chi connectivity index (χ2n) is 6.95.